The molecule has 9 heteroatoms. The van der Waals surface area contributed by atoms with E-state index >= 15 is 0 Å². The number of nitrogens with one attached hydrogen (secondary N) is 1. The topological polar surface area (TPSA) is 93.8 Å². The molecule has 0 bridgehead atoms. The molecule has 8 nitrogen and oxygen atoms in total. The van der Waals surface area contributed by atoms with Crippen LogP contribution in [0.3, 0.4) is 0 Å². The highest BCUT2D eigenvalue weighted by Gasteiger charge is 2.36. The standard InChI is InChI=1S/C29H24ClN3O5/c1-18-14-21(15-25-27(34)31-29(36)32(28(25)35)16-24-7-5-13-37-24)19(2)33(18)22-9-11-23(12-10-22)38-17-20-6-3-4-8-26(20)30/h3-15H,16-17H2,1-2H3,(H,31,34,36)/b25-15+. The number of imide groups is 2. The quantitative estimate of drug-likeness (QED) is 0.249. The zero-order valence-electron chi connectivity index (χ0n) is 20.7. The number of urea groups is 1. The van der Waals surface area contributed by atoms with Crippen LogP contribution in [-0.2, 0) is 22.7 Å². The lowest BCUT2D eigenvalue weighted by atomic mass is 10.1. The van der Waals surface area contributed by atoms with Crippen molar-refractivity contribution >= 4 is 35.5 Å². The van der Waals surface area contributed by atoms with Gasteiger partial charge in [-0.3, -0.25) is 19.8 Å². The minimum Gasteiger partial charge on any atom is -0.489 e. The molecule has 2 aromatic carbocycles. The third-order valence-corrected chi connectivity index (χ3v) is 6.67. The van der Waals surface area contributed by atoms with E-state index < -0.39 is 17.8 Å². The molecular weight excluding hydrogens is 506 g/mol. The van der Waals surface area contributed by atoms with E-state index in [2.05, 4.69) is 5.32 Å². The molecule has 5 rings (SSSR count). The summed E-state index contributed by atoms with van der Waals surface area (Å²) >= 11 is 6.21. The Morgan fingerprint density at radius 3 is 2.47 bits per heavy atom. The van der Waals surface area contributed by atoms with Crippen molar-refractivity contribution < 1.29 is 23.5 Å². The van der Waals surface area contributed by atoms with Gasteiger partial charge in [0.15, 0.2) is 0 Å². The smallest absolute Gasteiger partial charge is 0.331 e. The van der Waals surface area contributed by atoms with Gasteiger partial charge in [0.1, 0.15) is 23.7 Å². The van der Waals surface area contributed by atoms with Gasteiger partial charge in [0.25, 0.3) is 11.8 Å². The number of ether oxygens (including phenoxy) is 1. The lowest BCUT2D eigenvalue weighted by Gasteiger charge is -2.25. The van der Waals surface area contributed by atoms with E-state index in [0.717, 1.165) is 27.5 Å². The SMILES string of the molecule is Cc1cc(/C=C2\C(=O)NC(=O)N(Cc3ccco3)C2=O)c(C)n1-c1ccc(OCc2ccccc2Cl)cc1. The third kappa shape index (κ3) is 4.99. The van der Waals surface area contributed by atoms with Crippen molar-refractivity contribution in [3.8, 4) is 11.4 Å². The van der Waals surface area contributed by atoms with Gasteiger partial charge in [-0.1, -0.05) is 29.8 Å². The number of carbonyl (C=O) groups is 3. The molecule has 1 saturated heterocycles. The third-order valence-electron chi connectivity index (χ3n) is 6.30. The first kappa shape index (κ1) is 25.1. The molecule has 1 N–H and O–H groups in total. The van der Waals surface area contributed by atoms with Gasteiger partial charge < -0.3 is 13.7 Å². The van der Waals surface area contributed by atoms with Crippen molar-refractivity contribution in [3.63, 3.8) is 0 Å². The highest BCUT2D eigenvalue weighted by Crippen LogP contribution is 2.26. The van der Waals surface area contributed by atoms with Crippen LogP contribution in [0.4, 0.5) is 4.79 Å². The zero-order valence-corrected chi connectivity index (χ0v) is 21.5. The van der Waals surface area contributed by atoms with Gasteiger partial charge in [-0.15, -0.1) is 0 Å². The average Bonchev–Trinajstić information content (AvgIpc) is 3.51. The van der Waals surface area contributed by atoms with Crippen LogP contribution < -0.4 is 10.1 Å². The van der Waals surface area contributed by atoms with Crippen LogP contribution in [0.15, 0.2) is 83.0 Å². The van der Waals surface area contributed by atoms with Gasteiger partial charge in [0.05, 0.1) is 12.8 Å². The molecule has 3 heterocycles. The summed E-state index contributed by atoms with van der Waals surface area (Å²) in [5.74, 6) is -0.288. The van der Waals surface area contributed by atoms with Gasteiger partial charge >= 0.3 is 6.03 Å². The highest BCUT2D eigenvalue weighted by molar-refractivity contribution is 6.31. The summed E-state index contributed by atoms with van der Waals surface area (Å²) in [5.41, 5.74) is 4.09. The Kier molecular flexibility index (Phi) is 6.89. The first-order chi connectivity index (χ1) is 18.3. The molecule has 0 saturated carbocycles. The number of carbonyl (C=O) groups excluding carboxylic acids is 3. The summed E-state index contributed by atoms with van der Waals surface area (Å²) in [6, 6.07) is 19.6. The monoisotopic (exact) mass is 529 g/mol. The zero-order chi connectivity index (χ0) is 26.8. The predicted octanol–water partition coefficient (Wildman–Crippen LogP) is 5.58. The maximum absolute atomic E-state index is 13.1. The predicted molar refractivity (Wildman–Crippen MR) is 142 cm³/mol. The van der Waals surface area contributed by atoms with Crippen LogP contribution in [0.25, 0.3) is 11.8 Å². The molecule has 0 unspecified atom stereocenters. The maximum atomic E-state index is 13.1. The summed E-state index contributed by atoms with van der Waals surface area (Å²) in [7, 11) is 0. The van der Waals surface area contributed by atoms with E-state index in [0.29, 0.717) is 28.7 Å². The number of aryl methyl sites for hydroxylation is 1. The number of rotatable bonds is 7. The summed E-state index contributed by atoms with van der Waals surface area (Å²) in [6.07, 6.45) is 2.97. The molecule has 1 aliphatic heterocycles. The molecule has 1 aliphatic rings. The van der Waals surface area contributed by atoms with Crippen molar-refractivity contribution in [1.82, 2.24) is 14.8 Å². The van der Waals surface area contributed by atoms with Crippen molar-refractivity contribution in [2.24, 2.45) is 0 Å². The Labute approximate surface area is 224 Å². The van der Waals surface area contributed by atoms with Crippen LogP contribution in [0.1, 0.15) is 28.3 Å². The number of hydrogen-bond donors (Lipinski definition) is 1. The fraction of sp³-hybridized carbons (Fsp3) is 0.138. The minimum atomic E-state index is -0.782. The Bertz CT molecular complexity index is 1550. The fourth-order valence-electron chi connectivity index (χ4n) is 4.35. The van der Waals surface area contributed by atoms with Crippen molar-refractivity contribution in [1.29, 1.82) is 0 Å². The average molecular weight is 530 g/mol. The highest BCUT2D eigenvalue weighted by atomic mass is 35.5. The number of amides is 4. The number of barbiturate groups is 1. The van der Waals surface area contributed by atoms with Gasteiger partial charge in [0.2, 0.25) is 0 Å². The number of furan rings is 1. The molecule has 0 atom stereocenters. The van der Waals surface area contributed by atoms with Crippen LogP contribution in [0.5, 0.6) is 5.75 Å². The second-order valence-electron chi connectivity index (χ2n) is 8.82. The normalized spacial score (nSPS) is 14.8. The number of nitrogens with zero attached hydrogens (tertiary/aromatic N) is 2. The molecule has 4 aromatic rings. The van der Waals surface area contributed by atoms with Crippen LogP contribution in [0, 0.1) is 13.8 Å². The van der Waals surface area contributed by atoms with Gasteiger partial charge in [-0.25, -0.2) is 4.79 Å². The second kappa shape index (κ2) is 10.4. The number of hydrogen-bond acceptors (Lipinski definition) is 5. The van der Waals surface area contributed by atoms with Crippen LogP contribution in [0.2, 0.25) is 5.02 Å². The molecular formula is C29H24ClN3O5. The Morgan fingerprint density at radius 2 is 1.76 bits per heavy atom. The van der Waals surface area contributed by atoms with Crippen LogP contribution >= 0.6 is 11.6 Å². The Morgan fingerprint density at radius 1 is 1.00 bits per heavy atom. The molecule has 4 amide bonds. The number of halogens is 1. The first-order valence-electron chi connectivity index (χ1n) is 11.9. The first-order valence-corrected chi connectivity index (χ1v) is 12.3. The van der Waals surface area contributed by atoms with Crippen molar-refractivity contribution in [2.75, 3.05) is 0 Å². The minimum absolute atomic E-state index is 0.0772. The maximum Gasteiger partial charge on any atom is 0.331 e. The molecule has 0 spiro atoms. The van der Waals surface area contributed by atoms with E-state index in [1.54, 1.807) is 12.1 Å². The van der Waals surface area contributed by atoms with E-state index in [9.17, 15) is 14.4 Å². The van der Waals surface area contributed by atoms with Crippen molar-refractivity contribution in [2.45, 2.75) is 27.0 Å². The summed E-state index contributed by atoms with van der Waals surface area (Å²) in [5, 5.41) is 2.89. The largest absolute Gasteiger partial charge is 0.489 e. The molecule has 192 valence electrons. The molecule has 38 heavy (non-hydrogen) atoms. The van der Waals surface area contributed by atoms with E-state index in [1.807, 2.05) is 73.0 Å². The van der Waals surface area contributed by atoms with Crippen LogP contribution in [-0.4, -0.2) is 27.3 Å². The summed E-state index contributed by atoms with van der Waals surface area (Å²) < 4.78 is 13.2. The summed E-state index contributed by atoms with van der Waals surface area (Å²) in [4.78, 5) is 38.9. The van der Waals surface area contributed by atoms with Gasteiger partial charge in [-0.2, -0.15) is 0 Å². The lowest BCUT2D eigenvalue weighted by Crippen LogP contribution is -2.53. The van der Waals surface area contributed by atoms with Gasteiger partial charge in [-0.05, 0) is 74.0 Å². The van der Waals surface area contributed by atoms with E-state index in [-0.39, 0.29) is 12.1 Å². The Balaban J connectivity index is 1.37. The van der Waals surface area contributed by atoms with E-state index in [1.165, 1.54) is 12.3 Å². The van der Waals surface area contributed by atoms with E-state index in [4.69, 9.17) is 20.8 Å². The van der Waals surface area contributed by atoms with Crippen molar-refractivity contribution in [3.05, 3.63) is 112 Å². The Hall–Kier alpha value is -4.56. The summed E-state index contributed by atoms with van der Waals surface area (Å²) in [6.45, 7) is 4.12. The molecule has 0 radical (unpaired) electrons. The molecule has 1 fully saturated rings. The van der Waals surface area contributed by atoms with Gasteiger partial charge in [0, 0.05) is 27.7 Å². The second-order valence-corrected chi connectivity index (χ2v) is 9.23. The fourth-order valence-corrected chi connectivity index (χ4v) is 4.54. The number of benzene rings is 2. The molecule has 2 aromatic heterocycles. The molecule has 0 aliphatic carbocycles. The lowest BCUT2D eigenvalue weighted by molar-refractivity contribution is -0.130. The number of aromatic nitrogens is 1.